The molecule has 2 amide bonds. The Morgan fingerprint density at radius 1 is 1.18 bits per heavy atom. The van der Waals surface area contributed by atoms with E-state index in [1.807, 2.05) is 6.07 Å². The Labute approximate surface area is 132 Å². The molecule has 0 bridgehead atoms. The van der Waals surface area contributed by atoms with Crippen molar-refractivity contribution in [3.05, 3.63) is 29.8 Å². The first kappa shape index (κ1) is 18.0. The summed E-state index contributed by atoms with van der Waals surface area (Å²) in [5.74, 6) is 0.545. The maximum absolute atomic E-state index is 12.0. The van der Waals surface area contributed by atoms with Gasteiger partial charge in [0.25, 0.3) is 5.91 Å². The van der Waals surface area contributed by atoms with E-state index in [0.29, 0.717) is 30.3 Å². The summed E-state index contributed by atoms with van der Waals surface area (Å²) in [7, 11) is 0. The van der Waals surface area contributed by atoms with Gasteiger partial charge in [0.05, 0.1) is 6.61 Å². The van der Waals surface area contributed by atoms with Crippen molar-refractivity contribution >= 4 is 11.8 Å². The molecule has 0 radical (unpaired) electrons. The molecule has 0 unspecified atom stereocenters. The van der Waals surface area contributed by atoms with Gasteiger partial charge in [0.15, 0.2) is 0 Å². The second-order valence-corrected chi connectivity index (χ2v) is 5.69. The number of hydrogen-bond acceptors (Lipinski definition) is 3. The van der Waals surface area contributed by atoms with Gasteiger partial charge < -0.3 is 4.74 Å². The number of hydrogen-bond donors (Lipinski definition) is 2. The molecule has 22 heavy (non-hydrogen) atoms. The predicted octanol–water partition coefficient (Wildman–Crippen LogP) is 3.06. The van der Waals surface area contributed by atoms with Crippen LogP contribution in [0.2, 0.25) is 0 Å². The molecule has 0 atom stereocenters. The summed E-state index contributed by atoms with van der Waals surface area (Å²) in [6.45, 7) is 6.79. The average Bonchev–Trinajstić information content (AvgIpc) is 2.51. The van der Waals surface area contributed by atoms with Crippen molar-refractivity contribution in [1.29, 1.82) is 0 Å². The number of benzene rings is 1. The van der Waals surface area contributed by atoms with E-state index in [1.165, 1.54) is 0 Å². The third-order valence-corrected chi connectivity index (χ3v) is 3.00. The normalized spacial score (nSPS) is 10.4. The fraction of sp³-hybridized carbons (Fsp3) is 0.529. The summed E-state index contributed by atoms with van der Waals surface area (Å²) in [5, 5.41) is 0. The summed E-state index contributed by atoms with van der Waals surface area (Å²) in [6.07, 6.45) is 3.32. The van der Waals surface area contributed by atoms with Gasteiger partial charge in [-0.3, -0.25) is 20.4 Å². The Hall–Kier alpha value is -2.04. The molecule has 0 heterocycles. The Kier molecular flexibility index (Phi) is 8.04. The van der Waals surface area contributed by atoms with Gasteiger partial charge >= 0.3 is 0 Å². The minimum absolute atomic E-state index is 0.172. The van der Waals surface area contributed by atoms with Gasteiger partial charge in [0.1, 0.15) is 5.75 Å². The molecule has 0 aliphatic heterocycles. The van der Waals surface area contributed by atoms with E-state index in [0.717, 1.165) is 19.3 Å². The predicted molar refractivity (Wildman–Crippen MR) is 86.5 cm³/mol. The van der Waals surface area contributed by atoms with Crippen LogP contribution in [-0.4, -0.2) is 18.4 Å². The van der Waals surface area contributed by atoms with Crippen molar-refractivity contribution in [2.45, 2.75) is 46.5 Å². The fourth-order valence-electron chi connectivity index (χ4n) is 1.79. The number of amides is 2. The molecule has 5 heteroatoms. The van der Waals surface area contributed by atoms with Crippen LogP contribution in [0.15, 0.2) is 24.3 Å². The van der Waals surface area contributed by atoms with E-state index < -0.39 is 0 Å². The van der Waals surface area contributed by atoms with Crippen LogP contribution in [0.25, 0.3) is 0 Å². The first-order chi connectivity index (χ1) is 10.5. The van der Waals surface area contributed by atoms with Crippen LogP contribution >= 0.6 is 0 Å². The Morgan fingerprint density at radius 2 is 1.95 bits per heavy atom. The SMILES string of the molecule is CCCCCC(=O)NNC(=O)c1cccc(OCC(C)C)c1. The third kappa shape index (κ3) is 7.11. The first-order valence-electron chi connectivity index (χ1n) is 7.85. The molecule has 1 aromatic rings. The van der Waals surface area contributed by atoms with Crippen molar-refractivity contribution < 1.29 is 14.3 Å². The maximum Gasteiger partial charge on any atom is 0.269 e. The van der Waals surface area contributed by atoms with Crippen LogP contribution < -0.4 is 15.6 Å². The van der Waals surface area contributed by atoms with Gasteiger partial charge in [0, 0.05) is 12.0 Å². The largest absolute Gasteiger partial charge is 0.493 e. The maximum atomic E-state index is 12.0. The molecular weight excluding hydrogens is 280 g/mol. The summed E-state index contributed by atoms with van der Waals surface area (Å²) >= 11 is 0. The summed E-state index contributed by atoms with van der Waals surface area (Å²) in [5.41, 5.74) is 5.31. The first-order valence-corrected chi connectivity index (χ1v) is 7.85. The van der Waals surface area contributed by atoms with Gasteiger partial charge in [-0.05, 0) is 30.5 Å². The topological polar surface area (TPSA) is 67.4 Å². The standard InChI is InChI=1S/C17H26N2O3/c1-4-5-6-10-16(20)18-19-17(21)14-8-7-9-15(11-14)22-12-13(2)3/h7-9,11,13H,4-6,10,12H2,1-3H3,(H,18,20)(H,19,21). The zero-order chi connectivity index (χ0) is 16.4. The summed E-state index contributed by atoms with van der Waals surface area (Å²) in [6, 6.07) is 6.91. The van der Waals surface area contributed by atoms with E-state index >= 15 is 0 Å². The average molecular weight is 306 g/mol. The lowest BCUT2D eigenvalue weighted by molar-refractivity contribution is -0.121. The van der Waals surface area contributed by atoms with E-state index in [1.54, 1.807) is 18.2 Å². The number of hydrazine groups is 1. The van der Waals surface area contributed by atoms with E-state index in [4.69, 9.17) is 4.74 Å². The van der Waals surface area contributed by atoms with Crippen LogP contribution in [-0.2, 0) is 4.79 Å². The quantitative estimate of drug-likeness (QED) is 0.573. The molecular formula is C17H26N2O3. The van der Waals surface area contributed by atoms with Gasteiger partial charge in [-0.15, -0.1) is 0 Å². The van der Waals surface area contributed by atoms with Gasteiger partial charge in [-0.1, -0.05) is 39.7 Å². The molecule has 0 saturated heterocycles. The van der Waals surface area contributed by atoms with E-state index in [-0.39, 0.29) is 11.8 Å². The van der Waals surface area contributed by atoms with Crippen LogP contribution in [0.5, 0.6) is 5.75 Å². The highest BCUT2D eigenvalue weighted by Gasteiger charge is 2.08. The minimum atomic E-state index is -0.348. The Balaban J connectivity index is 2.44. The third-order valence-electron chi connectivity index (χ3n) is 3.00. The lowest BCUT2D eigenvalue weighted by Gasteiger charge is -2.10. The van der Waals surface area contributed by atoms with Crippen LogP contribution in [0.4, 0.5) is 0 Å². The van der Waals surface area contributed by atoms with Gasteiger partial charge in [-0.2, -0.15) is 0 Å². The number of unbranched alkanes of at least 4 members (excludes halogenated alkanes) is 2. The van der Waals surface area contributed by atoms with Crippen molar-refractivity contribution in [2.24, 2.45) is 5.92 Å². The Morgan fingerprint density at radius 3 is 2.64 bits per heavy atom. The molecule has 0 aliphatic carbocycles. The molecule has 0 fully saturated rings. The lowest BCUT2D eigenvalue weighted by Crippen LogP contribution is -2.41. The minimum Gasteiger partial charge on any atom is -0.493 e. The fourth-order valence-corrected chi connectivity index (χ4v) is 1.79. The van der Waals surface area contributed by atoms with Crippen molar-refractivity contribution in [1.82, 2.24) is 10.9 Å². The number of nitrogens with one attached hydrogen (secondary N) is 2. The molecule has 5 nitrogen and oxygen atoms in total. The highest BCUT2D eigenvalue weighted by Crippen LogP contribution is 2.14. The number of ether oxygens (including phenoxy) is 1. The zero-order valence-corrected chi connectivity index (χ0v) is 13.6. The molecule has 0 saturated carbocycles. The van der Waals surface area contributed by atoms with Crippen molar-refractivity contribution in [3.8, 4) is 5.75 Å². The molecule has 0 aliphatic rings. The smallest absolute Gasteiger partial charge is 0.269 e. The van der Waals surface area contributed by atoms with Crippen LogP contribution in [0.3, 0.4) is 0 Å². The number of rotatable bonds is 8. The molecule has 1 rings (SSSR count). The lowest BCUT2D eigenvalue weighted by atomic mass is 10.2. The van der Waals surface area contributed by atoms with Gasteiger partial charge in [-0.25, -0.2) is 0 Å². The Bertz CT molecular complexity index is 487. The van der Waals surface area contributed by atoms with E-state index in [9.17, 15) is 9.59 Å². The number of carbonyl (C=O) groups excluding carboxylic acids is 2. The number of carbonyl (C=O) groups is 2. The van der Waals surface area contributed by atoms with E-state index in [2.05, 4.69) is 31.6 Å². The van der Waals surface area contributed by atoms with Crippen LogP contribution in [0, 0.1) is 5.92 Å². The van der Waals surface area contributed by atoms with Gasteiger partial charge in [0.2, 0.25) is 5.91 Å². The second-order valence-electron chi connectivity index (χ2n) is 5.69. The highest BCUT2D eigenvalue weighted by atomic mass is 16.5. The van der Waals surface area contributed by atoms with Crippen molar-refractivity contribution in [3.63, 3.8) is 0 Å². The summed E-state index contributed by atoms with van der Waals surface area (Å²) < 4.78 is 5.58. The van der Waals surface area contributed by atoms with Crippen LogP contribution in [0.1, 0.15) is 56.8 Å². The monoisotopic (exact) mass is 306 g/mol. The zero-order valence-electron chi connectivity index (χ0n) is 13.6. The van der Waals surface area contributed by atoms with Crippen molar-refractivity contribution in [2.75, 3.05) is 6.61 Å². The molecule has 1 aromatic carbocycles. The molecule has 2 N–H and O–H groups in total. The summed E-state index contributed by atoms with van der Waals surface area (Å²) in [4.78, 5) is 23.5. The second kappa shape index (κ2) is 9.82. The highest BCUT2D eigenvalue weighted by molar-refractivity contribution is 5.95. The molecule has 122 valence electrons. The molecule has 0 aromatic heterocycles. The molecule has 0 spiro atoms.